The molecule has 7 nitrogen and oxygen atoms in total. The average molecular weight is 367 g/mol. The van der Waals surface area contributed by atoms with Gasteiger partial charge in [0.1, 0.15) is 0 Å². The number of hydrogen-bond donors (Lipinski definition) is 2. The lowest BCUT2D eigenvalue weighted by Crippen LogP contribution is -2.52. The SMILES string of the molecule is COCC1(CNS(=O)(=O)c2ccc3c(c2)CCN3C(C)=O)CCCN1. The van der Waals surface area contributed by atoms with E-state index in [0.717, 1.165) is 30.6 Å². The zero-order valence-corrected chi connectivity index (χ0v) is 15.5. The largest absolute Gasteiger partial charge is 0.383 e. The van der Waals surface area contributed by atoms with Gasteiger partial charge in [0.25, 0.3) is 0 Å². The molecule has 1 fully saturated rings. The Balaban J connectivity index is 1.76. The monoisotopic (exact) mass is 367 g/mol. The van der Waals surface area contributed by atoms with E-state index in [4.69, 9.17) is 4.74 Å². The van der Waals surface area contributed by atoms with Crippen LogP contribution in [-0.2, 0) is 26.0 Å². The van der Waals surface area contributed by atoms with E-state index in [1.807, 2.05) is 0 Å². The number of carbonyl (C=O) groups excluding carboxylic acids is 1. The number of carbonyl (C=O) groups is 1. The van der Waals surface area contributed by atoms with Gasteiger partial charge in [0.2, 0.25) is 15.9 Å². The van der Waals surface area contributed by atoms with E-state index in [-0.39, 0.29) is 16.3 Å². The minimum atomic E-state index is -3.61. The molecule has 2 aliphatic rings. The Labute approximate surface area is 148 Å². The zero-order chi connectivity index (χ0) is 18.1. The van der Waals surface area contributed by atoms with Gasteiger partial charge in [0, 0.05) is 32.8 Å². The first-order chi connectivity index (χ1) is 11.9. The summed E-state index contributed by atoms with van der Waals surface area (Å²) in [6.07, 6.45) is 2.55. The van der Waals surface area contributed by atoms with Crippen molar-refractivity contribution < 1.29 is 17.9 Å². The van der Waals surface area contributed by atoms with Crippen molar-refractivity contribution in [3.63, 3.8) is 0 Å². The fourth-order valence-electron chi connectivity index (χ4n) is 3.66. The van der Waals surface area contributed by atoms with Crippen LogP contribution in [-0.4, -0.2) is 53.2 Å². The molecule has 0 aromatic heterocycles. The highest BCUT2D eigenvalue weighted by Gasteiger charge is 2.35. The number of sulfonamides is 1. The van der Waals surface area contributed by atoms with Crippen molar-refractivity contribution >= 4 is 21.6 Å². The number of hydrogen-bond acceptors (Lipinski definition) is 5. The van der Waals surface area contributed by atoms with Crippen molar-refractivity contribution in [3.05, 3.63) is 23.8 Å². The number of amides is 1. The van der Waals surface area contributed by atoms with E-state index < -0.39 is 10.0 Å². The number of ether oxygens (including phenoxy) is 1. The Bertz CT molecular complexity index is 757. The summed E-state index contributed by atoms with van der Waals surface area (Å²) in [4.78, 5) is 13.5. The fraction of sp³-hybridized carbons (Fsp3) is 0.588. The summed E-state index contributed by atoms with van der Waals surface area (Å²) in [6.45, 7) is 3.74. The molecule has 1 aromatic carbocycles. The van der Waals surface area contributed by atoms with E-state index in [9.17, 15) is 13.2 Å². The summed E-state index contributed by atoms with van der Waals surface area (Å²) in [7, 11) is -1.99. The molecule has 2 N–H and O–H groups in total. The first-order valence-corrected chi connectivity index (χ1v) is 10.00. The number of fused-ring (bicyclic) bond motifs is 1. The Kier molecular flexibility index (Phi) is 5.15. The van der Waals surface area contributed by atoms with Crippen molar-refractivity contribution in [2.24, 2.45) is 0 Å². The Hall–Kier alpha value is -1.48. The maximum atomic E-state index is 12.7. The van der Waals surface area contributed by atoms with Crippen molar-refractivity contribution in [1.82, 2.24) is 10.0 Å². The van der Waals surface area contributed by atoms with Gasteiger partial charge in [-0.25, -0.2) is 13.1 Å². The molecular formula is C17H25N3O4S. The van der Waals surface area contributed by atoms with Crippen LogP contribution in [0.2, 0.25) is 0 Å². The molecule has 1 saturated heterocycles. The van der Waals surface area contributed by atoms with Gasteiger partial charge < -0.3 is 15.0 Å². The van der Waals surface area contributed by atoms with E-state index in [2.05, 4.69) is 10.0 Å². The van der Waals surface area contributed by atoms with Gasteiger partial charge in [0.05, 0.1) is 17.0 Å². The number of anilines is 1. The molecule has 8 heteroatoms. The Morgan fingerprint density at radius 3 is 2.88 bits per heavy atom. The van der Waals surface area contributed by atoms with Crippen molar-refractivity contribution in [3.8, 4) is 0 Å². The van der Waals surface area contributed by atoms with Crippen LogP contribution < -0.4 is 14.9 Å². The number of nitrogens with zero attached hydrogens (tertiary/aromatic N) is 1. The molecule has 0 saturated carbocycles. The molecule has 25 heavy (non-hydrogen) atoms. The lowest BCUT2D eigenvalue weighted by Gasteiger charge is -2.28. The predicted octanol–water partition coefficient (Wildman–Crippen LogP) is 0.643. The molecule has 0 spiro atoms. The lowest BCUT2D eigenvalue weighted by atomic mass is 9.99. The third kappa shape index (κ3) is 3.72. The molecule has 0 aliphatic carbocycles. The summed E-state index contributed by atoms with van der Waals surface area (Å²) in [6, 6.07) is 4.95. The normalized spacial score (nSPS) is 23.0. The second-order valence-electron chi connectivity index (χ2n) is 6.78. The number of rotatable bonds is 6. The van der Waals surface area contributed by atoms with Crippen LogP contribution in [0.5, 0.6) is 0 Å². The maximum absolute atomic E-state index is 12.7. The van der Waals surface area contributed by atoms with Crippen LogP contribution >= 0.6 is 0 Å². The molecule has 1 aromatic rings. The molecule has 0 radical (unpaired) electrons. The van der Waals surface area contributed by atoms with Crippen molar-refractivity contribution in [1.29, 1.82) is 0 Å². The van der Waals surface area contributed by atoms with Crippen LogP contribution in [0.25, 0.3) is 0 Å². The van der Waals surface area contributed by atoms with Crippen molar-refractivity contribution in [2.45, 2.75) is 36.6 Å². The molecule has 138 valence electrons. The summed E-state index contributed by atoms with van der Waals surface area (Å²) < 4.78 is 33.4. The number of nitrogens with one attached hydrogen (secondary N) is 2. The predicted molar refractivity (Wildman–Crippen MR) is 95.2 cm³/mol. The molecule has 1 unspecified atom stereocenters. The Morgan fingerprint density at radius 2 is 2.24 bits per heavy atom. The average Bonchev–Trinajstić information content (AvgIpc) is 3.20. The number of benzene rings is 1. The van der Waals surface area contributed by atoms with Gasteiger partial charge in [-0.3, -0.25) is 4.79 Å². The smallest absolute Gasteiger partial charge is 0.240 e. The van der Waals surface area contributed by atoms with E-state index in [1.54, 1.807) is 30.2 Å². The molecule has 0 bridgehead atoms. The Morgan fingerprint density at radius 1 is 1.44 bits per heavy atom. The molecule has 1 amide bonds. The van der Waals surface area contributed by atoms with Gasteiger partial charge in [0.15, 0.2) is 0 Å². The van der Waals surface area contributed by atoms with Crippen LogP contribution in [0.3, 0.4) is 0 Å². The van der Waals surface area contributed by atoms with E-state index >= 15 is 0 Å². The topological polar surface area (TPSA) is 87.7 Å². The third-order valence-corrected chi connectivity index (χ3v) is 6.39. The van der Waals surface area contributed by atoms with Crippen LogP contribution in [0.15, 0.2) is 23.1 Å². The lowest BCUT2D eigenvalue weighted by molar-refractivity contribution is -0.116. The molecule has 3 rings (SSSR count). The summed E-state index contributed by atoms with van der Waals surface area (Å²) in [5.41, 5.74) is 1.35. The molecule has 2 heterocycles. The second-order valence-corrected chi connectivity index (χ2v) is 8.55. The van der Waals surface area contributed by atoms with Gasteiger partial charge >= 0.3 is 0 Å². The highest BCUT2D eigenvalue weighted by atomic mass is 32.2. The van der Waals surface area contributed by atoms with E-state index in [1.165, 1.54) is 6.92 Å². The van der Waals surface area contributed by atoms with Crippen molar-refractivity contribution in [2.75, 3.05) is 38.3 Å². The summed E-state index contributed by atoms with van der Waals surface area (Å²) in [5.74, 6) is -0.0266. The minimum absolute atomic E-state index is 0.0266. The van der Waals surface area contributed by atoms with Crippen LogP contribution in [0.1, 0.15) is 25.3 Å². The summed E-state index contributed by atoms with van der Waals surface area (Å²) in [5, 5.41) is 3.36. The summed E-state index contributed by atoms with van der Waals surface area (Å²) >= 11 is 0. The molecule has 1 atom stereocenters. The highest BCUT2D eigenvalue weighted by Crippen LogP contribution is 2.30. The third-order valence-electron chi connectivity index (χ3n) is 4.99. The molecule has 2 aliphatic heterocycles. The quantitative estimate of drug-likeness (QED) is 0.771. The van der Waals surface area contributed by atoms with Gasteiger partial charge in [-0.2, -0.15) is 0 Å². The van der Waals surface area contributed by atoms with Gasteiger partial charge in [-0.15, -0.1) is 0 Å². The first kappa shape index (κ1) is 18.3. The van der Waals surface area contributed by atoms with Gasteiger partial charge in [-0.1, -0.05) is 0 Å². The maximum Gasteiger partial charge on any atom is 0.240 e. The second kappa shape index (κ2) is 7.03. The standard InChI is InChI=1S/C17H25N3O4S/c1-13(21)20-9-6-14-10-15(4-5-16(14)20)25(22,23)19-11-17(12-24-2)7-3-8-18-17/h4-5,10,18-19H,3,6-9,11-12H2,1-2H3. The van der Waals surface area contributed by atoms with E-state index in [0.29, 0.717) is 26.1 Å². The first-order valence-electron chi connectivity index (χ1n) is 8.52. The zero-order valence-electron chi connectivity index (χ0n) is 14.7. The van der Waals surface area contributed by atoms with Crippen LogP contribution in [0.4, 0.5) is 5.69 Å². The van der Waals surface area contributed by atoms with Crippen LogP contribution in [0, 0.1) is 0 Å². The highest BCUT2D eigenvalue weighted by molar-refractivity contribution is 7.89. The van der Waals surface area contributed by atoms with Gasteiger partial charge in [-0.05, 0) is 49.6 Å². The fourth-order valence-corrected chi connectivity index (χ4v) is 4.84. The minimum Gasteiger partial charge on any atom is -0.383 e. The number of methoxy groups -OCH3 is 1. The molecular weight excluding hydrogens is 342 g/mol.